The SMILES string of the molecule is CCc1ccc(Oc2nccc(C)c2C(N)=S)cc1. The van der Waals surface area contributed by atoms with Gasteiger partial charge >= 0.3 is 0 Å². The van der Waals surface area contributed by atoms with Crippen LogP contribution >= 0.6 is 12.2 Å². The van der Waals surface area contributed by atoms with Crippen LogP contribution in [0.25, 0.3) is 0 Å². The number of thiocarbonyl (C=S) groups is 1. The van der Waals surface area contributed by atoms with Crippen LogP contribution in [-0.4, -0.2) is 9.97 Å². The third-order valence-electron chi connectivity index (χ3n) is 2.92. The quantitative estimate of drug-likeness (QED) is 0.867. The smallest absolute Gasteiger partial charge is 0.229 e. The van der Waals surface area contributed by atoms with Crippen LogP contribution in [0.4, 0.5) is 0 Å². The van der Waals surface area contributed by atoms with Crippen LogP contribution in [-0.2, 0) is 6.42 Å². The van der Waals surface area contributed by atoms with E-state index in [1.165, 1.54) is 5.56 Å². The lowest BCUT2D eigenvalue weighted by atomic mass is 10.1. The first-order valence-electron chi connectivity index (χ1n) is 6.14. The van der Waals surface area contributed by atoms with Gasteiger partial charge in [-0.3, -0.25) is 0 Å². The summed E-state index contributed by atoms with van der Waals surface area (Å²) in [5.74, 6) is 1.18. The van der Waals surface area contributed by atoms with Crippen molar-refractivity contribution >= 4 is 17.2 Å². The van der Waals surface area contributed by atoms with E-state index in [-0.39, 0.29) is 0 Å². The Hall–Kier alpha value is -1.94. The highest BCUT2D eigenvalue weighted by Crippen LogP contribution is 2.25. The molecule has 1 aromatic carbocycles. The van der Waals surface area contributed by atoms with E-state index in [2.05, 4.69) is 11.9 Å². The van der Waals surface area contributed by atoms with Gasteiger partial charge in [0, 0.05) is 6.20 Å². The number of pyridine rings is 1. The second kappa shape index (κ2) is 5.80. The minimum Gasteiger partial charge on any atom is -0.438 e. The molecule has 19 heavy (non-hydrogen) atoms. The summed E-state index contributed by atoms with van der Waals surface area (Å²) in [4.78, 5) is 4.51. The van der Waals surface area contributed by atoms with Gasteiger partial charge in [-0.2, -0.15) is 0 Å². The Balaban J connectivity index is 2.32. The third-order valence-corrected chi connectivity index (χ3v) is 3.12. The van der Waals surface area contributed by atoms with Gasteiger partial charge in [0.25, 0.3) is 0 Å². The minimum absolute atomic E-state index is 0.297. The molecular weight excluding hydrogens is 256 g/mol. The number of nitrogens with two attached hydrogens (primary N) is 1. The first kappa shape index (κ1) is 13.5. The summed E-state index contributed by atoms with van der Waals surface area (Å²) in [6.07, 6.45) is 2.69. The molecule has 0 bridgehead atoms. The Morgan fingerprint density at radius 1 is 1.26 bits per heavy atom. The Kier molecular flexibility index (Phi) is 4.12. The second-order valence-corrected chi connectivity index (χ2v) is 4.71. The highest BCUT2D eigenvalue weighted by molar-refractivity contribution is 7.80. The number of benzene rings is 1. The lowest BCUT2D eigenvalue weighted by Crippen LogP contribution is -2.13. The predicted octanol–water partition coefficient (Wildman–Crippen LogP) is 3.38. The zero-order chi connectivity index (χ0) is 13.8. The first-order chi connectivity index (χ1) is 9.11. The van der Waals surface area contributed by atoms with Crippen LogP contribution < -0.4 is 10.5 Å². The van der Waals surface area contributed by atoms with Crippen molar-refractivity contribution in [3.63, 3.8) is 0 Å². The maximum Gasteiger partial charge on any atom is 0.229 e. The van der Waals surface area contributed by atoms with Crippen LogP contribution in [0.15, 0.2) is 36.5 Å². The van der Waals surface area contributed by atoms with Crippen molar-refractivity contribution in [2.24, 2.45) is 5.73 Å². The molecule has 0 aliphatic heterocycles. The molecule has 0 radical (unpaired) electrons. The standard InChI is InChI=1S/C15H16N2OS/c1-3-11-4-6-12(7-5-11)18-15-13(14(16)19)10(2)8-9-17-15/h4-9H,3H2,1-2H3,(H2,16,19). The lowest BCUT2D eigenvalue weighted by Gasteiger charge is -2.11. The second-order valence-electron chi connectivity index (χ2n) is 4.27. The maximum atomic E-state index is 5.77. The molecule has 2 rings (SSSR count). The van der Waals surface area contributed by atoms with Crippen molar-refractivity contribution in [3.8, 4) is 11.6 Å². The molecule has 1 heterocycles. The number of hydrogen-bond acceptors (Lipinski definition) is 3. The molecule has 98 valence electrons. The number of ether oxygens (including phenoxy) is 1. The van der Waals surface area contributed by atoms with Crippen LogP contribution in [0, 0.1) is 6.92 Å². The van der Waals surface area contributed by atoms with E-state index in [1.807, 2.05) is 37.3 Å². The van der Waals surface area contributed by atoms with Crippen LogP contribution in [0.1, 0.15) is 23.6 Å². The maximum absolute atomic E-state index is 5.77. The van der Waals surface area contributed by atoms with Gasteiger partial charge < -0.3 is 10.5 Å². The van der Waals surface area contributed by atoms with Gasteiger partial charge in [0.15, 0.2) is 0 Å². The van der Waals surface area contributed by atoms with Gasteiger partial charge in [0.05, 0.1) is 5.56 Å². The Morgan fingerprint density at radius 2 is 1.95 bits per heavy atom. The van der Waals surface area contributed by atoms with E-state index in [4.69, 9.17) is 22.7 Å². The fourth-order valence-electron chi connectivity index (χ4n) is 1.82. The third kappa shape index (κ3) is 3.09. The average molecular weight is 272 g/mol. The first-order valence-corrected chi connectivity index (χ1v) is 6.55. The molecule has 0 saturated heterocycles. The predicted molar refractivity (Wildman–Crippen MR) is 80.8 cm³/mol. The molecular formula is C15H16N2OS. The molecule has 0 aliphatic carbocycles. The highest BCUT2D eigenvalue weighted by Gasteiger charge is 2.11. The Bertz CT molecular complexity index is 594. The summed E-state index contributed by atoms with van der Waals surface area (Å²) < 4.78 is 5.77. The number of rotatable bonds is 4. The lowest BCUT2D eigenvalue weighted by molar-refractivity contribution is 0.461. The van der Waals surface area contributed by atoms with Crippen LogP contribution in [0.5, 0.6) is 11.6 Å². The van der Waals surface area contributed by atoms with Crippen molar-refractivity contribution in [3.05, 3.63) is 53.2 Å². The summed E-state index contributed by atoms with van der Waals surface area (Å²) in [7, 11) is 0. The van der Waals surface area contributed by atoms with Gasteiger partial charge in [-0.25, -0.2) is 4.98 Å². The molecule has 0 spiro atoms. The molecule has 0 amide bonds. The normalized spacial score (nSPS) is 10.2. The highest BCUT2D eigenvalue weighted by atomic mass is 32.1. The van der Waals surface area contributed by atoms with E-state index >= 15 is 0 Å². The number of aromatic nitrogens is 1. The molecule has 0 saturated carbocycles. The molecule has 4 heteroatoms. The molecule has 2 aromatic rings. The van der Waals surface area contributed by atoms with E-state index in [9.17, 15) is 0 Å². The largest absolute Gasteiger partial charge is 0.438 e. The minimum atomic E-state index is 0.297. The summed E-state index contributed by atoms with van der Waals surface area (Å²) in [6, 6.07) is 9.77. The fourth-order valence-corrected chi connectivity index (χ4v) is 2.06. The van der Waals surface area contributed by atoms with E-state index in [1.54, 1.807) is 6.20 Å². The van der Waals surface area contributed by atoms with Gasteiger partial charge in [-0.1, -0.05) is 31.3 Å². The summed E-state index contributed by atoms with van der Waals surface area (Å²) in [6.45, 7) is 4.05. The number of aryl methyl sites for hydroxylation is 2. The van der Waals surface area contributed by atoms with Crippen molar-refractivity contribution in [2.45, 2.75) is 20.3 Å². The molecule has 2 N–H and O–H groups in total. The fraction of sp³-hybridized carbons (Fsp3) is 0.200. The van der Waals surface area contributed by atoms with Gasteiger partial charge in [0.2, 0.25) is 5.88 Å². The topological polar surface area (TPSA) is 48.1 Å². The zero-order valence-corrected chi connectivity index (χ0v) is 11.8. The molecule has 0 unspecified atom stereocenters. The summed E-state index contributed by atoms with van der Waals surface area (Å²) >= 11 is 5.05. The molecule has 1 aromatic heterocycles. The average Bonchev–Trinajstić information content (AvgIpc) is 2.39. The van der Waals surface area contributed by atoms with Crippen molar-refractivity contribution in [2.75, 3.05) is 0 Å². The Morgan fingerprint density at radius 3 is 2.53 bits per heavy atom. The molecule has 3 nitrogen and oxygen atoms in total. The van der Waals surface area contributed by atoms with Crippen LogP contribution in [0.2, 0.25) is 0 Å². The van der Waals surface area contributed by atoms with Gasteiger partial charge in [-0.05, 0) is 42.7 Å². The zero-order valence-electron chi connectivity index (χ0n) is 11.0. The van der Waals surface area contributed by atoms with Crippen LogP contribution in [0.3, 0.4) is 0 Å². The molecule has 0 fully saturated rings. The molecule has 0 aliphatic rings. The van der Waals surface area contributed by atoms with Crippen molar-refractivity contribution < 1.29 is 4.74 Å². The number of nitrogens with zero attached hydrogens (tertiary/aromatic N) is 1. The van der Waals surface area contributed by atoms with Gasteiger partial charge in [-0.15, -0.1) is 0 Å². The monoisotopic (exact) mass is 272 g/mol. The van der Waals surface area contributed by atoms with E-state index in [0.29, 0.717) is 16.4 Å². The van der Waals surface area contributed by atoms with Gasteiger partial charge in [0.1, 0.15) is 10.7 Å². The van der Waals surface area contributed by atoms with Crippen molar-refractivity contribution in [1.82, 2.24) is 4.98 Å². The molecule has 0 atom stereocenters. The summed E-state index contributed by atoms with van der Waals surface area (Å²) in [5, 5.41) is 0. The number of hydrogen-bond donors (Lipinski definition) is 1. The Labute approximate surface area is 118 Å². The van der Waals surface area contributed by atoms with E-state index < -0.39 is 0 Å². The van der Waals surface area contributed by atoms with Crippen molar-refractivity contribution in [1.29, 1.82) is 0 Å². The van der Waals surface area contributed by atoms with E-state index in [0.717, 1.165) is 17.7 Å². The summed E-state index contributed by atoms with van der Waals surface area (Å²) in [5.41, 5.74) is 8.64.